The van der Waals surface area contributed by atoms with Gasteiger partial charge in [0.1, 0.15) is 0 Å². The van der Waals surface area contributed by atoms with Crippen molar-refractivity contribution in [2.75, 3.05) is 0 Å². The van der Waals surface area contributed by atoms with Gasteiger partial charge in [-0.2, -0.15) is 0 Å². The van der Waals surface area contributed by atoms with Crippen molar-refractivity contribution in [2.24, 2.45) is 0 Å². The summed E-state index contributed by atoms with van der Waals surface area (Å²) in [5.41, 5.74) is 6.78. The van der Waals surface area contributed by atoms with Gasteiger partial charge in [-0.15, -0.1) is 29.3 Å². The Morgan fingerprint density at radius 1 is 0.973 bits per heavy atom. The van der Waals surface area contributed by atoms with Crippen molar-refractivity contribution in [3.05, 3.63) is 102 Å². The molecule has 3 heterocycles. The molecule has 3 aromatic heterocycles. The Morgan fingerprint density at radius 3 is 2.41 bits per heavy atom. The number of aliphatic hydroxyl groups is 3. The maximum atomic E-state index is 10.0. The third-order valence-corrected chi connectivity index (χ3v) is 5.54. The molecule has 0 aliphatic rings. The van der Waals surface area contributed by atoms with Crippen LogP contribution in [-0.2, 0) is 39.1 Å². The van der Waals surface area contributed by atoms with Gasteiger partial charge in [0.25, 0.3) is 0 Å². The molecule has 0 aliphatic carbocycles. The van der Waals surface area contributed by atoms with E-state index in [1.807, 2.05) is 42.5 Å². The fraction of sp³-hybridized carbons (Fsp3) is 0.138. The van der Waals surface area contributed by atoms with E-state index in [1.54, 1.807) is 18.5 Å². The van der Waals surface area contributed by atoms with E-state index in [9.17, 15) is 15.0 Å². The van der Waals surface area contributed by atoms with Gasteiger partial charge in [-0.25, -0.2) is 0 Å². The van der Waals surface area contributed by atoms with Crippen LogP contribution in [0, 0.1) is 6.07 Å². The van der Waals surface area contributed by atoms with Crippen LogP contribution in [-0.4, -0.2) is 35.6 Å². The van der Waals surface area contributed by atoms with E-state index in [0.717, 1.165) is 44.3 Å². The number of aromatic nitrogens is 3. The Kier molecular flexibility index (Phi) is 9.47. The van der Waals surface area contributed by atoms with Gasteiger partial charge in [0.05, 0.1) is 23.4 Å². The maximum Gasteiger partial charge on any atom is 0.155 e. The minimum Gasteiger partial charge on any atom is -0.512 e. The van der Waals surface area contributed by atoms with Crippen LogP contribution >= 0.6 is 0 Å². The van der Waals surface area contributed by atoms with Gasteiger partial charge in [-0.05, 0) is 55.1 Å². The Labute approximate surface area is 229 Å². The standard InChI is InChI=1S/C24H18N3O2.C5H8O2.Pt/c28-14-16-9-11-25-21(12-16)19-8-7-18(13-17(19)15-29)27-22-5-2-1-4-20(22)24-23(27)6-3-10-26-24;1-4(6)3-5(2)7;/h1-7,9-13,28-29H,14-15H2;3,6H,1-2H3;/q-1;;/b;4-3-;. The van der Waals surface area contributed by atoms with Crippen molar-refractivity contribution in [1.29, 1.82) is 0 Å². The van der Waals surface area contributed by atoms with Crippen molar-refractivity contribution >= 4 is 27.7 Å². The zero-order valence-corrected chi connectivity index (χ0v) is 22.6. The van der Waals surface area contributed by atoms with E-state index in [4.69, 9.17) is 5.11 Å². The number of hydrogen-bond donors (Lipinski definition) is 3. The van der Waals surface area contributed by atoms with Crippen LogP contribution in [0.2, 0.25) is 0 Å². The number of hydrogen-bond acceptors (Lipinski definition) is 6. The molecule has 2 aromatic carbocycles. The van der Waals surface area contributed by atoms with Crippen LogP contribution < -0.4 is 0 Å². The Morgan fingerprint density at radius 2 is 1.73 bits per heavy atom. The van der Waals surface area contributed by atoms with Crippen molar-refractivity contribution in [3.8, 4) is 16.9 Å². The zero-order valence-electron chi connectivity index (χ0n) is 20.3. The molecule has 0 amide bonds. The first kappa shape index (κ1) is 27.9. The van der Waals surface area contributed by atoms with E-state index in [1.165, 1.54) is 19.9 Å². The molecule has 0 spiro atoms. The predicted molar refractivity (Wildman–Crippen MR) is 140 cm³/mol. The summed E-state index contributed by atoms with van der Waals surface area (Å²) in [4.78, 5) is 19.0. The SMILES string of the molecule is CC(=O)/C=C(/C)O.OCc1ccnc(-c2[c-]cc(-n3c4ccccc4c4ncccc43)cc2CO)c1.[Pt]. The number of carbonyl (C=O) groups excluding carboxylic acids is 1. The molecule has 0 saturated heterocycles. The number of fused-ring (bicyclic) bond motifs is 3. The second-order valence-corrected chi connectivity index (χ2v) is 8.24. The second kappa shape index (κ2) is 12.5. The van der Waals surface area contributed by atoms with E-state index < -0.39 is 0 Å². The number of rotatable bonds is 5. The van der Waals surface area contributed by atoms with Gasteiger partial charge in [-0.3, -0.25) is 9.78 Å². The molecule has 192 valence electrons. The summed E-state index contributed by atoms with van der Waals surface area (Å²) in [6, 6.07) is 22.8. The fourth-order valence-electron chi connectivity index (χ4n) is 4.09. The number of aliphatic hydroxyl groups excluding tert-OH is 3. The Bertz CT molecular complexity index is 1520. The van der Waals surface area contributed by atoms with Crippen LogP contribution in [0.4, 0.5) is 0 Å². The molecule has 37 heavy (non-hydrogen) atoms. The number of carbonyl (C=O) groups is 1. The molecule has 5 aromatic rings. The van der Waals surface area contributed by atoms with Crippen molar-refractivity contribution < 1.29 is 41.2 Å². The monoisotopic (exact) mass is 675 g/mol. The summed E-state index contributed by atoms with van der Waals surface area (Å²) in [5, 5.41) is 28.9. The van der Waals surface area contributed by atoms with Gasteiger partial charge in [0, 0.05) is 57.0 Å². The largest absolute Gasteiger partial charge is 0.512 e. The first-order valence-corrected chi connectivity index (χ1v) is 11.4. The van der Waals surface area contributed by atoms with Gasteiger partial charge in [0.2, 0.25) is 0 Å². The van der Waals surface area contributed by atoms with Crippen molar-refractivity contribution in [2.45, 2.75) is 27.1 Å². The summed E-state index contributed by atoms with van der Waals surface area (Å²) < 4.78 is 2.13. The number of benzene rings is 2. The Hall–Kier alpha value is -3.64. The van der Waals surface area contributed by atoms with Crippen molar-refractivity contribution in [3.63, 3.8) is 0 Å². The molecule has 0 unspecified atom stereocenters. The molecule has 7 nitrogen and oxygen atoms in total. The molecule has 0 saturated carbocycles. The van der Waals surface area contributed by atoms with Gasteiger partial charge in [0.15, 0.2) is 5.78 Å². The molecule has 0 fully saturated rings. The first-order chi connectivity index (χ1) is 17.4. The van der Waals surface area contributed by atoms with Crippen LogP contribution in [0.15, 0.2) is 84.9 Å². The minimum atomic E-state index is -0.139. The number of allylic oxidation sites excluding steroid dienone is 2. The number of ketones is 1. The molecule has 8 heteroatoms. The summed E-state index contributed by atoms with van der Waals surface area (Å²) in [6.07, 6.45) is 4.62. The summed E-state index contributed by atoms with van der Waals surface area (Å²) in [5.74, 6) is -0.0625. The van der Waals surface area contributed by atoms with Gasteiger partial charge in [-0.1, -0.05) is 24.3 Å². The minimum absolute atomic E-state index is 0. The number of para-hydroxylation sites is 1. The average molecular weight is 676 g/mol. The quantitative estimate of drug-likeness (QED) is 0.137. The van der Waals surface area contributed by atoms with E-state index in [-0.39, 0.29) is 45.8 Å². The van der Waals surface area contributed by atoms with Crippen LogP contribution in [0.3, 0.4) is 0 Å². The molecule has 0 aliphatic heterocycles. The third-order valence-electron chi connectivity index (χ3n) is 5.54. The van der Waals surface area contributed by atoms with E-state index in [0.29, 0.717) is 5.69 Å². The van der Waals surface area contributed by atoms with Gasteiger partial charge < -0.3 is 24.9 Å². The third kappa shape index (κ3) is 6.20. The fourth-order valence-corrected chi connectivity index (χ4v) is 4.09. The van der Waals surface area contributed by atoms with Gasteiger partial charge >= 0.3 is 0 Å². The molecular weight excluding hydrogens is 649 g/mol. The topological polar surface area (TPSA) is 108 Å². The average Bonchev–Trinajstić information content (AvgIpc) is 3.22. The molecular formula is C29H26N3O4Pt-. The maximum absolute atomic E-state index is 10.0. The molecule has 0 radical (unpaired) electrons. The summed E-state index contributed by atoms with van der Waals surface area (Å²) in [7, 11) is 0. The number of pyridine rings is 2. The molecule has 3 N–H and O–H groups in total. The smallest absolute Gasteiger partial charge is 0.155 e. The predicted octanol–water partition coefficient (Wildman–Crippen LogP) is 5.06. The number of nitrogens with zero attached hydrogens (tertiary/aromatic N) is 3. The Balaban J connectivity index is 0.000000422. The summed E-state index contributed by atoms with van der Waals surface area (Å²) in [6.45, 7) is 2.65. The normalized spacial score (nSPS) is 11.1. The zero-order chi connectivity index (χ0) is 25.7. The van der Waals surface area contributed by atoms with Crippen LogP contribution in [0.1, 0.15) is 25.0 Å². The van der Waals surface area contributed by atoms with E-state index in [2.05, 4.69) is 32.7 Å². The second-order valence-electron chi connectivity index (χ2n) is 8.24. The molecule has 5 rings (SSSR count). The van der Waals surface area contributed by atoms with Crippen LogP contribution in [0.5, 0.6) is 0 Å². The van der Waals surface area contributed by atoms with Crippen molar-refractivity contribution in [1.82, 2.24) is 14.5 Å². The van der Waals surface area contributed by atoms with Crippen LogP contribution in [0.25, 0.3) is 38.9 Å². The van der Waals surface area contributed by atoms with E-state index >= 15 is 0 Å². The molecule has 0 bridgehead atoms. The summed E-state index contributed by atoms with van der Waals surface area (Å²) >= 11 is 0. The molecule has 0 atom stereocenters. The first-order valence-electron chi connectivity index (χ1n) is 11.4.